The number of benzene rings is 1. The van der Waals surface area contributed by atoms with Crippen molar-refractivity contribution in [2.75, 3.05) is 0 Å². The summed E-state index contributed by atoms with van der Waals surface area (Å²) in [5, 5.41) is 5.07. The highest BCUT2D eigenvalue weighted by Gasteiger charge is 2.29. The number of rotatable bonds is 5. The predicted molar refractivity (Wildman–Crippen MR) is 81.2 cm³/mol. The van der Waals surface area contributed by atoms with Gasteiger partial charge in [-0.2, -0.15) is 4.98 Å². The Morgan fingerprint density at radius 1 is 1.29 bits per heavy atom. The molecule has 1 aliphatic carbocycles. The summed E-state index contributed by atoms with van der Waals surface area (Å²) in [6.45, 7) is 3.04. The maximum atomic E-state index is 5.29. The third-order valence-corrected chi connectivity index (χ3v) is 4.65. The smallest absolute Gasteiger partial charge is 0.229 e. The summed E-state index contributed by atoms with van der Waals surface area (Å²) in [5.74, 6) is 2.77. The van der Waals surface area contributed by atoms with Crippen LogP contribution in [0.3, 0.4) is 0 Å². The Hall–Kier alpha value is -1.82. The molecule has 0 unspecified atom stereocenters. The molecule has 4 rings (SSSR count). The van der Waals surface area contributed by atoms with Gasteiger partial charge in [-0.15, -0.1) is 0 Å². The Labute approximate surface area is 126 Å². The van der Waals surface area contributed by atoms with Crippen molar-refractivity contribution >= 4 is 22.8 Å². The Bertz CT molecular complexity index is 775. The molecular formula is C15H16N4OS. The van der Waals surface area contributed by atoms with E-state index in [9.17, 15) is 0 Å². The molecule has 1 aliphatic rings. The molecule has 2 aromatic heterocycles. The molecule has 0 N–H and O–H groups in total. The normalized spacial score (nSPS) is 14.9. The van der Waals surface area contributed by atoms with E-state index in [1.165, 1.54) is 18.4 Å². The molecule has 5 nitrogen and oxygen atoms in total. The molecule has 2 heterocycles. The first-order chi connectivity index (χ1) is 10.3. The summed E-state index contributed by atoms with van der Waals surface area (Å²) in [4.78, 5) is 9.15. The third kappa shape index (κ3) is 2.44. The lowest BCUT2D eigenvalue weighted by molar-refractivity contribution is 0.375. The van der Waals surface area contributed by atoms with Gasteiger partial charge in [-0.1, -0.05) is 29.1 Å². The quantitative estimate of drug-likeness (QED) is 0.674. The summed E-state index contributed by atoms with van der Waals surface area (Å²) in [6, 6.07) is 8.22. The summed E-state index contributed by atoms with van der Waals surface area (Å²) in [5.41, 5.74) is 2.21. The van der Waals surface area contributed by atoms with Crippen LogP contribution in [0.1, 0.15) is 37.4 Å². The molecule has 3 aromatic rings. The van der Waals surface area contributed by atoms with Crippen LogP contribution in [0.5, 0.6) is 0 Å². The minimum atomic E-state index is 0.511. The Kier molecular flexibility index (Phi) is 3.18. The van der Waals surface area contributed by atoms with Crippen molar-refractivity contribution in [3.63, 3.8) is 0 Å². The van der Waals surface area contributed by atoms with E-state index < -0.39 is 0 Å². The zero-order valence-corrected chi connectivity index (χ0v) is 12.6. The van der Waals surface area contributed by atoms with Crippen molar-refractivity contribution < 1.29 is 4.52 Å². The van der Waals surface area contributed by atoms with Crippen LogP contribution in [0.25, 0.3) is 11.0 Å². The predicted octanol–water partition coefficient (Wildman–Crippen LogP) is 3.61. The molecule has 21 heavy (non-hydrogen) atoms. The second-order valence-corrected chi connectivity index (χ2v) is 6.18. The van der Waals surface area contributed by atoms with Crippen molar-refractivity contribution in [1.82, 2.24) is 19.7 Å². The van der Waals surface area contributed by atoms with Crippen LogP contribution in [-0.2, 0) is 12.3 Å². The van der Waals surface area contributed by atoms with Crippen molar-refractivity contribution in [3.8, 4) is 0 Å². The minimum Gasteiger partial charge on any atom is -0.339 e. The number of aryl methyl sites for hydroxylation is 1. The highest BCUT2D eigenvalue weighted by atomic mass is 32.2. The van der Waals surface area contributed by atoms with Gasteiger partial charge in [0, 0.05) is 12.5 Å². The molecule has 0 bridgehead atoms. The summed E-state index contributed by atoms with van der Waals surface area (Å²) >= 11 is 1.66. The van der Waals surface area contributed by atoms with Gasteiger partial charge in [0.25, 0.3) is 0 Å². The van der Waals surface area contributed by atoms with E-state index in [0.29, 0.717) is 11.7 Å². The van der Waals surface area contributed by atoms with Crippen molar-refractivity contribution in [2.45, 2.75) is 43.1 Å². The second-order valence-electron chi connectivity index (χ2n) is 5.24. The summed E-state index contributed by atoms with van der Waals surface area (Å²) < 4.78 is 7.51. The highest BCUT2D eigenvalue weighted by molar-refractivity contribution is 7.98. The first-order valence-corrected chi connectivity index (χ1v) is 8.24. The van der Waals surface area contributed by atoms with Crippen LogP contribution in [0.2, 0.25) is 0 Å². The Morgan fingerprint density at radius 2 is 2.14 bits per heavy atom. The number of nitrogens with zero attached hydrogens (tertiary/aromatic N) is 4. The Morgan fingerprint density at radius 3 is 2.95 bits per heavy atom. The standard InChI is InChI=1S/C15H16N4OS/c1-2-19-12-6-4-3-5-11(12)16-15(19)21-9-13-17-14(20-18-13)10-7-8-10/h3-6,10H,2,7-9H2,1H3. The number of imidazole rings is 1. The largest absolute Gasteiger partial charge is 0.339 e. The number of para-hydroxylation sites is 2. The van der Waals surface area contributed by atoms with Gasteiger partial charge in [-0.3, -0.25) is 0 Å². The van der Waals surface area contributed by atoms with E-state index in [-0.39, 0.29) is 0 Å². The van der Waals surface area contributed by atoms with E-state index in [0.717, 1.165) is 28.9 Å². The zero-order valence-electron chi connectivity index (χ0n) is 11.8. The van der Waals surface area contributed by atoms with Gasteiger partial charge in [-0.05, 0) is 31.9 Å². The lowest BCUT2D eigenvalue weighted by atomic mass is 10.3. The summed E-state index contributed by atoms with van der Waals surface area (Å²) in [6.07, 6.45) is 2.36. The number of hydrogen-bond donors (Lipinski definition) is 0. The minimum absolute atomic E-state index is 0.511. The topological polar surface area (TPSA) is 56.7 Å². The maximum absolute atomic E-state index is 5.29. The van der Waals surface area contributed by atoms with E-state index in [1.54, 1.807) is 11.8 Å². The molecule has 108 valence electrons. The van der Waals surface area contributed by atoms with Crippen LogP contribution >= 0.6 is 11.8 Å². The van der Waals surface area contributed by atoms with Gasteiger partial charge in [0.05, 0.1) is 16.8 Å². The molecule has 0 aliphatic heterocycles. The zero-order chi connectivity index (χ0) is 14.2. The first-order valence-electron chi connectivity index (χ1n) is 7.25. The molecule has 0 atom stereocenters. The average molecular weight is 300 g/mol. The highest BCUT2D eigenvalue weighted by Crippen LogP contribution is 2.39. The van der Waals surface area contributed by atoms with E-state index in [2.05, 4.69) is 27.7 Å². The first kappa shape index (κ1) is 12.9. The second kappa shape index (κ2) is 5.18. The summed E-state index contributed by atoms with van der Waals surface area (Å²) in [7, 11) is 0. The van der Waals surface area contributed by atoms with Gasteiger partial charge in [0.15, 0.2) is 11.0 Å². The molecule has 0 radical (unpaired) electrons. The van der Waals surface area contributed by atoms with Gasteiger partial charge in [0.2, 0.25) is 5.89 Å². The van der Waals surface area contributed by atoms with Gasteiger partial charge >= 0.3 is 0 Å². The molecule has 0 amide bonds. The van der Waals surface area contributed by atoms with Crippen LogP contribution in [-0.4, -0.2) is 19.7 Å². The molecule has 1 fully saturated rings. The van der Waals surface area contributed by atoms with Crippen LogP contribution in [0.4, 0.5) is 0 Å². The van der Waals surface area contributed by atoms with E-state index >= 15 is 0 Å². The molecule has 0 spiro atoms. The van der Waals surface area contributed by atoms with E-state index in [4.69, 9.17) is 9.51 Å². The van der Waals surface area contributed by atoms with Crippen LogP contribution in [0.15, 0.2) is 33.9 Å². The maximum Gasteiger partial charge on any atom is 0.229 e. The Balaban J connectivity index is 1.55. The molecule has 1 aromatic carbocycles. The van der Waals surface area contributed by atoms with Crippen molar-refractivity contribution in [1.29, 1.82) is 0 Å². The number of aromatic nitrogens is 4. The molecule has 0 saturated heterocycles. The van der Waals surface area contributed by atoms with Crippen LogP contribution < -0.4 is 0 Å². The average Bonchev–Trinajstić information content (AvgIpc) is 3.14. The van der Waals surface area contributed by atoms with Gasteiger partial charge in [0.1, 0.15) is 0 Å². The van der Waals surface area contributed by atoms with Crippen molar-refractivity contribution in [3.05, 3.63) is 36.0 Å². The van der Waals surface area contributed by atoms with Gasteiger partial charge in [-0.25, -0.2) is 4.98 Å². The SMILES string of the molecule is CCn1c(SCc2noc(C3CC3)n2)nc2ccccc21. The molecule has 1 saturated carbocycles. The fraction of sp³-hybridized carbons (Fsp3) is 0.400. The molecule has 6 heteroatoms. The van der Waals surface area contributed by atoms with Crippen LogP contribution in [0, 0.1) is 0 Å². The molecular weight excluding hydrogens is 284 g/mol. The van der Waals surface area contributed by atoms with Crippen molar-refractivity contribution in [2.24, 2.45) is 0 Å². The van der Waals surface area contributed by atoms with E-state index in [1.807, 2.05) is 18.2 Å². The monoisotopic (exact) mass is 300 g/mol. The number of thioether (sulfide) groups is 1. The van der Waals surface area contributed by atoms with Gasteiger partial charge < -0.3 is 9.09 Å². The lowest BCUT2D eigenvalue weighted by Gasteiger charge is -2.03. The number of fused-ring (bicyclic) bond motifs is 1. The fourth-order valence-corrected chi connectivity index (χ4v) is 3.34. The number of hydrogen-bond acceptors (Lipinski definition) is 5. The fourth-order valence-electron chi connectivity index (χ4n) is 2.42. The lowest BCUT2D eigenvalue weighted by Crippen LogP contribution is -1.96. The third-order valence-electron chi connectivity index (χ3n) is 3.68.